The van der Waals surface area contributed by atoms with Crippen LogP contribution in [0.3, 0.4) is 0 Å². The highest BCUT2D eigenvalue weighted by molar-refractivity contribution is 5.87. The van der Waals surface area contributed by atoms with Crippen molar-refractivity contribution in [1.29, 1.82) is 5.26 Å². The molecular weight excluding hydrogens is 420 g/mol. The van der Waals surface area contributed by atoms with Crippen LogP contribution in [0.25, 0.3) is 0 Å². The predicted octanol–water partition coefficient (Wildman–Crippen LogP) is 3.23. The second kappa shape index (κ2) is 9.25. The van der Waals surface area contributed by atoms with Crippen LogP contribution < -0.4 is 15.6 Å². The number of alkyl halides is 3. The minimum atomic E-state index is -5.04. The van der Waals surface area contributed by atoms with Crippen LogP contribution in [0.2, 0.25) is 0 Å². The number of carbonyl (C=O) groups excluding carboxylic acids is 1. The van der Waals surface area contributed by atoms with Crippen LogP contribution in [0.15, 0.2) is 47.6 Å². The Morgan fingerprint density at radius 2 is 2.06 bits per heavy atom. The normalized spacial score (nSPS) is 11.3. The Hall–Kier alpha value is -3.94. The summed E-state index contributed by atoms with van der Waals surface area (Å²) in [4.78, 5) is 27.2. The lowest BCUT2D eigenvalue weighted by atomic mass is 10.1. The van der Waals surface area contributed by atoms with Gasteiger partial charge < -0.3 is 10.1 Å². The summed E-state index contributed by atoms with van der Waals surface area (Å²) in [5, 5.41) is 11.4. The molecule has 7 nitrogen and oxygen atoms in total. The first-order valence-corrected chi connectivity index (χ1v) is 8.60. The van der Waals surface area contributed by atoms with Gasteiger partial charge in [0.15, 0.2) is 5.69 Å². The predicted molar refractivity (Wildman–Crippen MR) is 102 cm³/mol. The molecule has 1 aromatic carbocycles. The van der Waals surface area contributed by atoms with Crippen molar-refractivity contribution in [3.8, 4) is 17.6 Å². The first kappa shape index (κ1) is 23.3. The molecule has 1 amide bonds. The number of hydrogen-bond donors (Lipinski definition) is 1. The summed E-state index contributed by atoms with van der Waals surface area (Å²) in [6.45, 7) is 4.67. The summed E-state index contributed by atoms with van der Waals surface area (Å²) < 4.78 is 59.9. The van der Waals surface area contributed by atoms with Crippen molar-refractivity contribution in [3.63, 3.8) is 0 Å². The maximum atomic E-state index is 13.8. The van der Waals surface area contributed by atoms with Gasteiger partial charge in [-0.1, -0.05) is 12.7 Å². The minimum Gasteiger partial charge on any atom is -0.449 e. The molecule has 0 saturated heterocycles. The zero-order valence-electron chi connectivity index (χ0n) is 16.4. The summed E-state index contributed by atoms with van der Waals surface area (Å²) in [6.07, 6.45) is -1.97. The second-order valence-electron chi connectivity index (χ2n) is 6.25. The molecule has 0 atom stereocenters. The third kappa shape index (κ3) is 5.57. The van der Waals surface area contributed by atoms with E-state index in [1.807, 2.05) is 0 Å². The SMILES string of the molecule is C=C(/C=C\C(=O)NC)Cn1cnc(C(F)(F)F)c(Oc2cc(F)cc(C#N)c2C)c1=O. The van der Waals surface area contributed by atoms with Crippen LogP contribution in [-0.2, 0) is 17.5 Å². The lowest BCUT2D eigenvalue weighted by molar-refractivity contribution is -0.142. The van der Waals surface area contributed by atoms with Crippen molar-refractivity contribution in [1.82, 2.24) is 14.9 Å². The minimum absolute atomic E-state index is 0.0461. The summed E-state index contributed by atoms with van der Waals surface area (Å²) >= 11 is 0. The molecule has 0 spiro atoms. The fraction of sp³-hybridized carbons (Fsp3) is 0.200. The topological polar surface area (TPSA) is 97.0 Å². The third-order valence-corrected chi connectivity index (χ3v) is 4.01. The van der Waals surface area contributed by atoms with Gasteiger partial charge in [0.2, 0.25) is 11.7 Å². The molecule has 0 unspecified atom stereocenters. The Morgan fingerprint density at radius 1 is 1.39 bits per heavy atom. The number of rotatable bonds is 6. The van der Waals surface area contributed by atoms with E-state index in [0.29, 0.717) is 6.33 Å². The zero-order chi connectivity index (χ0) is 23.3. The van der Waals surface area contributed by atoms with E-state index < -0.39 is 40.7 Å². The number of allylic oxidation sites excluding steroid dienone is 2. The zero-order valence-corrected chi connectivity index (χ0v) is 16.4. The fourth-order valence-corrected chi connectivity index (χ4v) is 2.41. The molecule has 0 saturated carbocycles. The van der Waals surface area contributed by atoms with E-state index in [9.17, 15) is 27.2 Å². The molecule has 1 heterocycles. The average Bonchev–Trinajstić information content (AvgIpc) is 2.70. The summed E-state index contributed by atoms with van der Waals surface area (Å²) in [6, 6.07) is 3.34. The van der Waals surface area contributed by atoms with Crippen molar-refractivity contribution in [2.45, 2.75) is 19.6 Å². The highest BCUT2D eigenvalue weighted by atomic mass is 19.4. The summed E-state index contributed by atoms with van der Waals surface area (Å²) in [5.41, 5.74) is -2.72. The fourth-order valence-electron chi connectivity index (χ4n) is 2.41. The number of amides is 1. The Labute approximate surface area is 173 Å². The number of nitrogens with zero attached hydrogens (tertiary/aromatic N) is 3. The van der Waals surface area contributed by atoms with Gasteiger partial charge >= 0.3 is 6.18 Å². The van der Waals surface area contributed by atoms with Gasteiger partial charge in [0.25, 0.3) is 5.56 Å². The Bertz CT molecular complexity index is 1160. The second-order valence-corrected chi connectivity index (χ2v) is 6.25. The first-order chi connectivity index (χ1) is 14.5. The van der Waals surface area contributed by atoms with Gasteiger partial charge in [-0.2, -0.15) is 18.4 Å². The van der Waals surface area contributed by atoms with Gasteiger partial charge in [0, 0.05) is 24.8 Å². The Balaban J connectivity index is 2.54. The van der Waals surface area contributed by atoms with Crippen LogP contribution in [0.1, 0.15) is 16.8 Å². The molecule has 31 heavy (non-hydrogen) atoms. The van der Waals surface area contributed by atoms with Crippen LogP contribution in [0, 0.1) is 24.1 Å². The molecule has 0 aliphatic rings. The smallest absolute Gasteiger partial charge is 0.437 e. The van der Waals surface area contributed by atoms with E-state index in [1.165, 1.54) is 20.0 Å². The molecule has 2 aromatic rings. The molecule has 1 aromatic heterocycles. The van der Waals surface area contributed by atoms with Gasteiger partial charge in [0.1, 0.15) is 11.6 Å². The monoisotopic (exact) mass is 436 g/mol. The Kier molecular flexibility index (Phi) is 6.97. The number of ether oxygens (including phenoxy) is 1. The maximum Gasteiger partial charge on any atom is 0.437 e. The molecule has 11 heteroatoms. The molecule has 2 rings (SSSR count). The first-order valence-electron chi connectivity index (χ1n) is 8.60. The Morgan fingerprint density at radius 3 is 2.65 bits per heavy atom. The lowest BCUT2D eigenvalue weighted by Crippen LogP contribution is -2.26. The summed E-state index contributed by atoms with van der Waals surface area (Å²) in [7, 11) is 1.40. The van der Waals surface area contributed by atoms with Gasteiger partial charge in [-0.15, -0.1) is 0 Å². The molecule has 0 radical (unpaired) electrons. The van der Waals surface area contributed by atoms with Gasteiger partial charge in [-0.05, 0) is 18.6 Å². The maximum absolute atomic E-state index is 13.8. The van der Waals surface area contributed by atoms with Crippen molar-refractivity contribution in [3.05, 3.63) is 75.8 Å². The molecule has 1 N–H and O–H groups in total. The van der Waals surface area contributed by atoms with Crippen molar-refractivity contribution in [2.75, 3.05) is 7.05 Å². The highest BCUT2D eigenvalue weighted by Gasteiger charge is 2.39. The number of nitrogens with one attached hydrogen (secondary N) is 1. The number of aromatic nitrogens is 2. The van der Waals surface area contributed by atoms with Crippen LogP contribution in [-0.4, -0.2) is 22.5 Å². The number of hydrogen-bond acceptors (Lipinski definition) is 5. The van der Waals surface area contributed by atoms with Crippen LogP contribution in [0.5, 0.6) is 11.5 Å². The van der Waals surface area contributed by atoms with E-state index in [2.05, 4.69) is 16.9 Å². The molecule has 162 valence electrons. The van der Waals surface area contributed by atoms with Gasteiger partial charge in [-0.25, -0.2) is 9.37 Å². The summed E-state index contributed by atoms with van der Waals surface area (Å²) in [5.74, 6) is -2.99. The van der Waals surface area contributed by atoms with E-state index in [4.69, 9.17) is 10.00 Å². The van der Waals surface area contributed by atoms with E-state index in [-0.39, 0.29) is 23.2 Å². The number of likely N-dealkylation sites (N-methyl/N-ethyl adjacent to an activating group) is 1. The number of carbonyl (C=O) groups is 1. The lowest BCUT2D eigenvalue weighted by Gasteiger charge is -2.16. The number of nitriles is 1. The van der Waals surface area contributed by atoms with Gasteiger partial charge in [-0.3, -0.25) is 14.2 Å². The number of halogens is 4. The molecule has 0 fully saturated rings. The largest absolute Gasteiger partial charge is 0.449 e. The van der Waals surface area contributed by atoms with Crippen LogP contribution in [0.4, 0.5) is 17.6 Å². The van der Waals surface area contributed by atoms with Gasteiger partial charge in [0.05, 0.1) is 24.5 Å². The quantitative estimate of drug-likeness (QED) is 0.426. The molecule has 0 aliphatic carbocycles. The van der Waals surface area contributed by atoms with Crippen molar-refractivity contribution in [2.24, 2.45) is 0 Å². The number of benzene rings is 1. The van der Waals surface area contributed by atoms with E-state index in [0.717, 1.165) is 22.8 Å². The molecule has 0 bridgehead atoms. The standard InChI is InChI=1S/C20H16F4N4O3/c1-11(4-5-16(29)26-3)9-28-10-27-18(20(22,23)24)17(19(28)30)31-15-7-14(21)6-13(8-25)12(15)2/h4-7,10H,1,9H2,2-3H3,(H,26,29)/b5-4-. The van der Waals surface area contributed by atoms with E-state index in [1.54, 1.807) is 6.07 Å². The third-order valence-electron chi connectivity index (χ3n) is 4.01. The molecular formula is C20H16F4N4O3. The van der Waals surface area contributed by atoms with Crippen LogP contribution >= 0.6 is 0 Å². The molecule has 0 aliphatic heterocycles. The van der Waals surface area contributed by atoms with Crippen molar-refractivity contribution >= 4 is 5.91 Å². The van der Waals surface area contributed by atoms with E-state index >= 15 is 0 Å². The van der Waals surface area contributed by atoms with Crippen molar-refractivity contribution < 1.29 is 27.1 Å². The highest BCUT2D eigenvalue weighted by Crippen LogP contribution is 2.36. The average molecular weight is 436 g/mol.